The molecule has 0 bridgehead atoms. The molecule has 130 valence electrons. The Kier molecular flexibility index (Phi) is 5.80. The van der Waals surface area contributed by atoms with Crippen molar-refractivity contribution >= 4 is 5.91 Å². The molecular formula is C20H23N3O2. The van der Waals surface area contributed by atoms with Crippen LogP contribution < -0.4 is 4.74 Å². The molecule has 1 amide bonds. The lowest BCUT2D eigenvalue weighted by Crippen LogP contribution is -2.48. The van der Waals surface area contributed by atoms with Gasteiger partial charge in [-0.1, -0.05) is 18.7 Å². The Morgan fingerprint density at radius 1 is 1.12 bits per heavy atom. The van der Waals surface area contributed by atoms with Crippen LogP contribution in [0.3, 0.4) is 0 Å². The van der Waals surface area contributed by atoms with E-state index >= 15 is 0 Å². The summed E-state index contributed by atoms with van der Waals surface area (Å²) < 4.78 is 5.45. The van der Waals surface area contributed by atoms with Crippen LogP contribution in [-0.2, 0) is 6.54 Å². The molecule has 3 rings (SSSR count). The first-order valence-electron chi connectivity index (χ1n) is 8.51. The van der Waals surface area contributed by atoms with E-state index in [9.17, 15) is 4.79 Å². The van der Waals surface area contributed by atoms with Gasteiger partial charge >= 0.3 is 0 Å². The van der Waals surface area contributed by atoms with E-state index in [1.54, 1.807) is 6.08 Å². The number of pyridine rings is 1. The summed E-state index contributed by atoms with van der Waals surface area (Å²) in [4.78, 5) is 21.2. The molecule has 1 aromatic heterocycles. The van der Waals surface area contributed by atoms with E-state index < -0.39 is 0 Å². The Morgan fingerprint density at radius 3 is 2.52 bits per heavy atom. The molecule has 0 N–H and O–H groups in total. The number of nitrogens with zero attached hydrogens (tertiary/aromatic N) is 3. The zero-order chi connectivity index (χ0) is 17.5. The molecule has 0 saturated carbocycles. The smallest absolute Gasteiger partial charge is 0.253 e. The summed E-state index contributed by atoms with van der Waals surface area (Å²) in [5.41, 5.74) is 1.77. The van der Waals surface area contributed by atoms with Gasteiger partial charge in [-0.3, -0.25) is 14.7 Å². The number of benzene rings is 1. The summed E-state index contributed by atoms with van der Waals surface area (Å²) in [5, 5.41) is 0. The Bertz CT molecular complexity index is 693. The van der Waals surface area contributed by atoms with Gasteiger partial charge in [-0.25, -0.2) is 0 Å². The van der Waals surface area contributed by atoms with Gasteiger partial charge in [-0.2, -0.15) is 0 Å². The minimum absolute atomic E-state index is 0.0766. The van der Waals surface area contributed by atoms with Crippen LogP contribution >= 0.6 is 0 Å². The summed E-state index contributed by atoms with van der Waals surface area (Å²) in [6, 6.07) is 13.3. The Hall–Kier alpha value is -2.66. The molecule has 0 atom stereocenters. The first kappa shape index (κ1) is 17.2. The second-order valence-electron chi connectivity index (χ2n) is 6.01. The highest BCUT2D eigenvalue weighted by atomic mass is 16.5. The van der Waals surface area contributed by atoms with Crippen molar-refractivity contribution in [2.45, 2.75) is 6.54 Å². The maximum absolute atomic E-state index is 12.6. The van der Waals surface area contributed by atoms with Gasteiger partial charge in [0.25, 0.3) is 5.91 Å². The van der Waals surface area contributed by atoms with Crippen LogP contribution in [0, 0.1) is 0 Å². The number of piperazine rings is 1. The lowest BCUT2D eigenvalue weighted by atomic mass is 10.1. The third-order valence-corrected chi connectivity index (χ3v) is 4.24. The van der Waals surface area contributed by atoms with Crippen LogP contribution in [0.15, 0.2) is 61.3 Å². The van der Waals surface area contributed by atoms with Crippen molar-refractivity contribution in [2.75, 3.05) is 32.8 Å². The van der Waals surface area contributed by atoms with Gasteiger partial charge in [0.1, 0.15) is 12.4 Å². The Labute approximate surface area is 148 Å². The molecule has 0 unspecified atom stereocenters. The van der Waals surface area contributed by atoms with Crippen molar-refractivity contribution < 1.29 is 9.53 Å². The molecule has 0 aliphatic carbocycles. The fourth-order valence-electron chi connectivity index (χ4n) is 2.86. The molecule has 5 nitrogen and oxygen atoms in total. The lowest BCUT2D eigenvalue weighted by Gasteiger charge is -2.34. The first-order valence-corrected chi connectivity index (χ1v) is 8.51. The van der Waals surface area contributed by atoms with Crippen molar-refractivity contribution in [3.8, 4) is 5.75 Å². The highest BCUT2D eigenvalue weighted by molar-refractivity contribution is 5.94. The molecule has 2 aromatic rings. The van der Waals surface area contributed by atoms with Gasteiger partial charge in [-0.15, -0.1) is 0 Å². The van der Waals surface area contributed by atoms with Gasteiger partial charge in [0.05, 0.1) is 5.69 Å². The fourth-order valence-corrected chi connectivity index (χ4v) is 2.86. The summed E-state index contributed by atoms with van der Waals surface area (Å²) in [6.07, 6.45) is 3.51. The number of aromatic nitrogens is 1. The fraction of sp³-hybridized carbons (Fsp3) is 0.300. The predicted octanol–water partition coefficient (Wildman–Crippen LogP) is 2.60. The Morgan fingerprint density at radius 2 is 1.88 bits per heavy atom. The number of hydrogen-bond donors (Lipinski definition) is 0. The summed E-state index contributed by atoms with van der Waals surface area (Å²) in [5.74, 6) is 0.824. The van der Waals surface area contributed by atoms with Gasteiger partial charge in [0, 0.05) is 44.5 Å². The highest BCUT2D eigenvalue weighted by Crippen LogP contribution is 2.15. The molecule has 1 fully saturated rings. The topological polar surface area (TPSA) is 45.7 Å². The van der Waals surface area contributed by atoms with Crippen LogP contribution in [0.5, 0.6) is 5.75 Å². The number of carbonyl (C=O) groups excluding carboxylic acids is 1. The SMILES string of the molecule is C=CCOc1ccc(C(=O)N2CCN(Cc3ccccn3)CC2)cc1. The molecule has 5 heteroatoms. The lowest BCUT2D eigenvalue weighted by molar-refractivity contribution is 0.0627. The Balaban J connectivity index is 1.51. The van der Waals surface area contributed by atoms with Crippen molar-refractivity contribution in [3.63, 3.8) is 0 Å². The molecule has 1 aliphatic heterocycles. The zero-order valence-electron chi connectivity index (χ0n) is 14.3. The van der Waals surface area contributed by atoms with E-state index in [0.717, 1.165) is 44.2 Å². The molecule has 2 heterocycles. The maximum atomic E-state index is 12.6. The van der Waals surface area contributed by atoms with Gasteiger partial charge in [-0.05, 0) is 36.4 Å². The van der Waals surface area contributed by atoms with E-state index in [1.165, 1.54) is 0 Å². The van der Waals surface area contributed by atoms with E-state index in [4.69, 9.17) is 4.74 Å². The summed E-state index contributed by atoms with van der Waals surface area (Å²) >= 11 is 0. The van der Waals surface area contributed by atoms with E-state index in [1.807, 2.05) is 53.6 Å². The number of amides is 1. The van der Waals surface area contributed by atoms with Gasteiger partial charge < -0.3 is 9.64 Å². The predicted molar refractivity (Wildman–Crippen MR) is 97.6 cm³/mol. The molecule has 0 spiro atoms. The second kappa shape index (κ2) is 8.44. The molecule has 0 radical (unpaired) electrons. The standard InChI is InChI=1S/C20H23N3O2/c1-2-15-25-19-8-6-17(7-9-19)20(24)23-13-11-22(12-14-23)16-18-5-3-4-10-21-18/h2-10H,1,11-16H2. The van der Waals surface area contributed by atoms with E-state index in [0.29, 0.717) is 12.2 Å². The molecule has 1 aliphatic rings. The van der Waals surface area contributed by atoms with E-state index in [2.05, 4.69) is 16.5 Å². The largest absolute Gasteiger partial charge is 0.490 e. The minimum atomic E-state index is 0.0766. The first-order chi connectivity index (χ1) is 12.3. The molecule has 1 saturated heterocycles. The van der Waals surface area contributed by atoms with Crippen molar-refractivity contribution in [3.05, 3.63) is 72.6 Å². The van der Waals surface area contributed by atoms with Crippen LogP contribution in [-0.4, -0.2) is 53.5 Å². The van der Waals surface area contributed by atoms with Crippen molar-refractivity contribution in [2.24, 2.45) is 0 Å². The third-order valence-electron chi connectivity index (χ3n) is 4.24. The normalized spacial score (nSPS) is 15.0. The van der Waals surface area contributed by atoms with Crippen LogP contribution in [0.2, 0.25) is 0 Å². The highest BCUT2D eigenvalue weighted by Gasteiger charge is 2.22. The second-order valence-corrected chi connectivity index (χ2v) is 6.01. The quantitative estimate of drug-likeness (QED) is 0.760. The average Bonchev–Trinajstić information content (AvgIpc) is 2.68. The number of ether oxygens (including phenoxy) is 1. The number of hydrogen-bond acceptors (Lipinski definition) is 4. The summed E-state index contributed by atoms with van der Waals surface area (Å²) in [7, 11) is 0. The van der Waals surface area contributed by atoms with Gasteiger partial charge in [0.2, 0.25) is 0 Å². The van der Waals surface area contributed by atoms with Gasteiger partial charge in [0.15, 0.2) is 0 Å². The molecule has 1 aromatic carbocycles. The van der Waals surface area contributed by atoms with Crippen LogP contribution in [0.4, 0.5) is 0 Å². The minimum Gasteiger partial charge on any atom is -0.490 e. The van der Waals surface area contributed by atoms with Crippen LogP contribution in [0.25, 0.3) is 0 Å². The molecular weight excluding hydrogens is 314 g/mol. The average molecular weight is 337 g/mol. The molecule has 25 heavy (non-hydrogen) atoms. The number of rotatable bonds is 6. The zero-order valence-corrected chi connectivity index (χ0v) is 14.3. The van der Waals surface area contributed by atoms with Crippen molar-refractivity contribution in [1.29, 1.82) is 0 Å². The maximum Gasteiger partial charge on any atom is 0.253 e. The summed E-state index contributed by atoms with van der Waals surface area (Å²) in [6.45, 7) is 8.12. The van der Waals surface area contributed by atoms with Crippen LogP contribution in [0.1, 0.15) is 16.1 Å². The monoisotopic (exact) mass is 337 g/mol. The number of carbonyl (C=O) groups is 1. The third kappa shape index (κ3) is 4.67. The van der Waals surface area contributed by atoms with E-state index in [-0.39, 0.29) is 5.91 Å². The van der Waals surface area contributed by atoms with Crippen molar-refractivity contribution in [1.82, 2.24) is 14.8 Å².